The van der Waals surface area contributed by atoms with E-state index in [1.807, 2.05) is 0 Å². The fourth-order valence-corrected chi connectivity index (χ4v) is 2.08. The van der Waals surface area contributed by atoms with Crippen LogP contribution in [0.1, 0.15) is 13.3 Å². The summed E-state index contributed by atoms with van der Waals surface area (Å²) in [6.45, 7) is 4.46. The smallest absolute Gasteiger partial charge is 0.317 e. The van der Waals surface area contributed by atoms with Gasteiger partial charge in [0.15, 0.2) is 0 Å². The van der Waals surface area contributed by atoms with Gasteiger partial charge in [0.05, 0.1) is 18.6 Å². The van der Waals surface area contributed by atoms with E-state index in [-0.39, 0.29) is 19.2 Å². The molecule has 0 aliphatic carbocycles. The van der Waals surface area contributed by atoms with Crippen LogP contribution in [-0.2, 0) is 4.79 Å². The highest BCUT2D eigenvalue weighted by Gasteiger charge is 2.27. The standard InChI is InChI=1S/C12H23N3O5/c1-12(20,8-10(17)18)9-13-11(19)15-4-2-14(3-5-15)6-7-16/h16,20H,2-9H2,1H3,(H,13,19)(H,17,18). The molecule has 8 nitrogen and oxygen atoms in total. The zero-order valence-corrected chi connectivity index (χ0v) is 11.7. The first kappa shape index (κ1) is 16.7. The summed E-state index contributed by atoms with van der Waals surface area (Å²) >= 11 is 0. The zero-order valence-electron chi connectivity index (χ0n) is 11.7. The fourth-order valence-electron chi connectivity index (χ4n) is 2.08. The topological polar surface area (TPSA) is 113 Å². The van der Waals surface area contributed by atoms with E-state index in [1.165, 1.54) is 6.92 Å². The van der Waals surface area contributed by atoms with E-state index >= 15 is 0 Å². The lowest BCUT2D eigenvalue weighted by Gasteiger charge is -2.35. The van der Waals surface area contributed by atoms with Crippen molar-refractivity contribution < 1.29 is 24.9 Å². The molecule has 1 rings (SSSR count). The largest absolute Gasteiger partial charge is 0.481 e. The van der Waals surface area contributed by atoms with Crippen molar-refractivity contribution in [3.8, 4) is 0 Å². The molecular weight excluding hydrogens is 266 g/mol. The van der Waals surface area contributed by atoms with E-state index in [2.05, 4.69) is 10.2 Å². The molecule has 2 amide bonds. The van der Waals surface area contributed by atoms with Gasteiger partial charge in [-0.25, -0.2) is 4.79 Å². The molecular formula is C12H23N3O5. The van der Waals surface area contributed by atoms with Gasteiger partial charge in [-0.2, -0.15) is 0 Å². The number of hydrogen-bond acceptors (Lipinski definition) is 5. The number of carboxylic acid groups (broad SMARTS) is 1. The minimum absolute atomic E-state index is 0.101. The van der Waals surface area contributed by atoms with E-state index < -0.39 is 18.0 Å². The van der Waals surface area contributed by atoms with Gasteiger partial charge in [0.2, 0.25) is 0 Å². The summed E-state index contributed by atoms with van der Waals surface area (Å²) in [7, 11) is 0. The number of aliphatic carboxylic acids is 1. The Balaban J connectivity index is 2.32. The third-order valence-electron chi connectivity index (χ3n) is 3.23. The number of carboxylic acids is 1. The first-order valence-corrected chi connectivity index (χ1v) is 6.64. The Hall–Kier alpha value is -1.38. The third kappa shape index (κ3) is 5.72. The normalized spacial score (nSPS) is 19.4. The Kier molecular flexibility index (Phi) is 6.18. The Morgan fingerprint density at radius 1 is 1.25 bits per heavy atom. The van der Waals surface area contributed by atoms with Crippen LogP contribution in [0.15, 0.2) is 0 Å². The number of carbonyl (C=O) groups is 2. The SMILES string of the molecule is CC(O)(CNC(=O)N1CCN(CCO)CC1)CC(=O)O. The molecule has 1 aliphatic rings. The summed E-state index contributed by atoms with van der Waals surface area (Å²) in [4.78, 5) is 26.1. The van der Waals surface area contributed by atoms with Crippen LogP contribution in [0.4, 0.5) is 4.79 Å². The molecule has 8 heteroatoms. The molecule has 1 atom stereocenters. The predicted octanol–water partition coefficient (Wildman–Crippen LogP) is -1.47. The van der Waals surface area contributed by atoms with Crippen LogP contribution in [0.2, 0.25) is 0 Å². The van der Waals surface area contributed by atoms with Crippen molar-refractivity contribution in [1.82, 2.24) is 15.1 Å². The van der Waals surface area contributed by atoms with Gasteiger partial charge in [0.25, 0.3) is 0 Å². The lowest BCUT2D eigenvalue weighted by atomic mass is 10.0. The maximum absolute atomic E-state index is 11.9. The maximum Gasteiger partial charge on any atom is 0.317 e. The average Bonchev–Trinajstić information content (AvgIpc) is 2.36. The molecule has 0 bridgehead atoms. The highest BCUT2D eigenvalue weighted by atomic mass is 16.4. The molecule has 116 valence electrons. The molecule has 4 N–H and O–H groups in total. The van der Waals surface area contributed by atoms with Crippen LogP contribution in [0.25, 0.3) is 0 Å². The molecule has 0 radical (unpaired) electrons. The minimum Gasteiger partial charge on any atom is -0.481 e. The monoisotopic (exact) mass is 289 g/mol. The molecule has 1 aliphatic heterocycles. The second kappa shape index (κ2) is 7.41. The molecule has 1 unspecified atom stereocenters. The summed E-state index contributed by atoms with van der Waals surface area (Å²) < 4.78 is 0. The molecule has 0 aromatic rings. The first-order chi connectivity index (χ1) is 9.34. The Labute approximate surface area is 118 Å². The van der Waals surface area contributed by atoms with Crippen molar-refractivity contribution in [1.29, 1.82) is 0 Å². The Bertz CT molecular complexity index is 340. The molecule has 1 saturated heterocycles. The van der Waals surface area contributed by atoms with E-state index in [9.17, 15) is 14.7 Å². The van der Waals surface area contributed by atoms with Crippen molar-refractivity contribution in [3.05, 3.63) is 0 Å². The summed E-state index contributed by atoms with van der Waals surface area (Å²) in [5, 5.41) is 29.8. The van der Waals surface area contributed by atoms with Crippen molar-refractivity contribution >= 4 is 12.0 Å². The van der Waals surface area contributed by atoms with Crippen LogP contribution in [0.3, 0.4) is 0 Å². The van der Waals surface area contributed by atoms with Crippen LogP contribution in [0, 0.1) is 0 Å². The summed E-state index contributed by atoms with van der Waals surface area (Å²) in [5.74, 6) is -1.11. The molecule has 0 saturated carbocycles. The van der Waals surface area contributed by atoms with E-state index in [0.29, 0.717) is 32.7 Å². The first-order valence-electron chi connectivity index (χ1n) is 6.64. The number of rotatable bonds is 6. The zero-order chi connectivity index (χ0) is 15.2. The van der Waals surface area contributed by atoms with Gasteiger partial charge >= 0.3 is 12.0 Å². The van der Waals surface area contributed by atoms with Gasteiger partial charge in [-0.1, -0.05) is 0 Å². The number of aliphatic hydroxyl groups is 2. The van der Waals surface area contributed by atoms with E-state index in [1.54, 1.807) is 4.90 Å². The highest BCUT2D eigenvalue weighted by Crippen LogP contribution is 2.08. The van der Waals surface area contributed by atoms with Gasteiger partial charge in [-0.15, -0.1) is 0 Å². The summed E-state index contributed by atoms with van der Waals surface area (Å²) in [6, 6.07) is -0.306. The van der Waals surface area contributed by atoms with E-state index in [0.717, 1.165) is 0 Å². The van der Waals surface area contributed by atoms with Crippen molar-refractivity contribution in [2.45, 2.75) is 18.9 Å². The highest BCUT2D eigenvalue weighted by molar-refractivity contribution is 5.74. The number of amides is 2. The number of piperazine rings is 1. The second-order valence-corrected chi connectivity index (χ2v) is 5.28. The van der Waals surface area contributed by atoms with Crippen molar-refractivity contribution in [2.75, 3.05) is 45.9 Å². The van der Waals surface area contributed by atoms with E-state index in [4.69, 9.17) is 10.2 Å². The quantitative estimate of drug-likeness (QED) is 0.475. The number of urea groups is 1. The minimum atomic E-state index is -1.46. The van der Waals surface area contributed by atoms with Gasteiger partial charge < -0.3 is 25.5 Å². The van der Waals surface area contributed by atoms with Crippen LogP contribution < -0.4 is 5.32 Å². The van der Waals surface area contributed by atoms with Crippen molar-refractivity contribution in [3.63, 3.8) is 0 Å². The van der Waals surface area contributed by atoms with Crippen LogP contribution in [0.5, 0.6) is 0 Å². The maximum atomic E-state index is 11.9. The molecule has 0 aromatic carbocycles. The molecule has 1 heterocycles. The molecule has 1 fully saturated rings. The summed E-state index contributed by atoms with van der Waals surface area (Å²) in [6.07, 6.45) is -0.419. The van der Waals surface area contributed by atoms with Crippen LogP contribution in [-0.4, -0.2) is 88.6 Å². The predicted molar refractivity (Wildman–Crippen MR) is 71.4 cm³/mol. The number of carbonyl (C=O) groups excluding carboxylic acids is 1. The van der Waals surface area contributed by atoms with Gasteiger partial charge in [-0.3, -0.25) is 9.69 Å². The number of nitrogens with zero attached hydrogens (tertiary/aromatic N) is 2. The lowest BCUT2D eigenvalue weighted by Crippen LogP contribution is -2.54. The fraction of sp³-hybridized carbons (Fsp3) is 0.833. The second-order valence-electron chi connectivity index (χ2n) is 5.28. The number of aliphatic hydroxyl groups excluding tert-OH is 1. The number of nitrogens with one attached hydrogen (secondary N) is 1. The third-order valence-corrected chi connectivity index (χ3v) is 3.23. The van der Waals surface area contributed by atoms with Gasteiger partial charge in [0.1, 0.15) is 0 Å². The number of hydrogen-bond donors (Lipinski definition) is 4. The Morgan fingerprint density at radius 2 is 1.85 bits per heavy atom. The molecule has 20 heavy (non-hydrogen) atoms. The van der Waals surface area contributed by atoms with Gasteiger partial charge in [0, 0.05) is 39.3 Å². The van der Waals surface area contributed by atoms with Crippen LogP contribution >= 0.6 is 0 Å². The van der Waals surface area contributed by atoms with Crippen molar-refractivity contribution in [2.24, 2.45) is 0 Å². The van der Waals surface area contributed by atoms with Gasteiger partial charge in [-0.05, 0) is 6.92 Å². The average molecular weight is 289 g/mol. The number of β-amino-alcohol motifs (C(OH)–C–C–N with tert-alkyl or cyclic N) is 1. The Morgan fingerprint density at radius 3 is 2.35 bits per heavy atom. The molecule has 0 spiro atoms. The molecule has 0 aromatic heterocycles. The lowest BCUT2D eigenvalue weighted by molar-refractivity contribution is -0.141. The summed E-state index contributed by atoms with van der Waals surface area (Å²) in [5.41, 5.74) is -1.46.